The fourth-order valence-corrected chi connectivity index (χ4v) is 1.43. The standard InChI is InChI=1S/C11H15NO2/c1-8(12-2)5-9-3-4-10-11(6-9)14-7-13-10/h3-4,6,8,12H,5,7H2,1-2H3/i8D/hD. The highest BCUT2D eigenvalue weighted by Gasteiger charge is 2.13. The Kier molecular flexibility index (Phi) is 1.97. The minimum atomic E-state index is -0.937. The highest BCUT2D eigenvalue weighted by molar-refractivity contribution is 5.44. The molecule has 1 aliphatic heterocycles. The Morgan fingerprint density at radius 1 is 1.57 bits per heavy atom. The molecule has 1 unspecified atom stereocenters. The number of likely N-dealkylation sites (N-methyl/N-ethyl adjacent to an activating group) is 1. The van der Waals surface area contributed by atoms with Crippen molar-refractivity contribution in [3.05, 3.63) is 23.8 Å². The molecule has 1 aromatic carbocycles. The highest BCUT2D eigenvalue weighted by atomic mass is 16.7. The molecule has 1 aliphatic rings. The maximum absolute atomic E-state index is 7.98. The van der Waals surface area contributed by atoms with Gasteiger partial charge in [0, 0.05) is 7.39 Å². The zero-order valence-electron chi connectivity index (χ0n) is 10.4. The first kappa shape index (κ1) is 7.12. The normalized spacial score (nSPS) is 20.2. The second-order valence-electron chi connectivity index (χ2n) is 3.32. The van der Waals surface area contributed by atoms with E-state index < -0.39 is 6.02 Å². The first-order valence-corrected chi connectivity index (χ1v) is 4.60. The Balaban J connectivity index is 2.17. The van der Waals surface area contributed by atoms with E-state index in [1.165, 1.54) is 0 Å². The van der Waals surface area contributed by atoms with Crippen molar-refractivity contribution >= 4 is 0 Å². The van der Waals surface area contributed by atoms with Gasteiger partial charge in [-0.25, -0.2) is 0 Å². The maximum atomic E-state index is 7.98. The summed E-state index contributed by atoms with van der Waals surface area (Å²) < 4.78 is 25.9. The second kappa shape index (κ2) is 3.88. The minimum Gasteiger partial charge on any atom is -0.454 e. The molecule has 2 rings (SSSR count). The minimum absolute atomic E-state index is 0.259. The van der Waals surface area contributed by atoms with E-state index in [1.807, 2.05) is 18.2 Å². The van der Waals surface area contributed by atoms with Gasteiger partial charge in [-0.2, -0.15) is 0 Å². The van der Waals surface area contributed by atoms with Gasteiger partial charge in [0.25, 0.3) is 0 Å². The summed E-state index contributed by atoms with van der Waals surface area (Å²) in [5.74, 6) is 1.47. The predicted octanol–water partition coefficient (Wildman–Crippen LogP) is 1.57. The second-order valence-corrected chi connectivity index (χ2v) is 3.32. The number of benzene rings is 1. The number of ether oxygens (including phenoxy) is 2. The Bertz CT molecular complexity index is 394. The van der Waals surface area contributed by atoms with Crippen molar-refractivity contribution in [2.75, 3.05) is 13.8 Å². The van der Waals surface area contributed by atoms with Gasteiger partial charge in [0.05, 0.1) is 0 Å². The van der Waals surface area contributed by atoms with Crippen LogP contribution in [0.2, 0.25) is 1.41 Å². The number of hydrogen-bond donors (Lipinski definition) is 1. The molecule has 0 aromatic heterocycles. The highest BCUT2D eigenvalue weighted by Crippen LogP contribution is 2.32. The SMILES string of the molecule is [2H]N(C)C([2H])(C)Cc1ccc2c(c1)OCO2. The molecule has 0 fully saturated rings. The molecule has 0 aliphatic carbocycles. The largest absolute Gasteiger partial charge is 0.454 e. The molecule has 0 amide bonds. The van der Waals surface area contributed by atoms with E-state index in [-0.39, 0.29) is 6.79 Å². The molecule has 1 aromatic rings. The van der Waals surface area contributed by atoms with Crippen molar-refractivity contribution in [3.63, 3.8) is 0 Å². The van der Waals surface area contributed by atoms with Crippen LogP contribution in [-0.2, 0) is 6.42 Å². The van der Waals surface area contributed by atoms with Crippen LogP contribution in [0.25, 0.3) is 0 Å². The van der Waals surface area contributed by atoms with E-state index >= 15 is 0 Å². The van der Waals surface area contributed by atoms with Crippen LogP contribution < -0.4 is 14.8 Å². The summed E-state index contributed by atoms with van der Waals surface area (Å²) in [6.07, 6.45) is 0.476. The fraction of sp³-hybridized carbons (Fsp3) is 0.455. The van der Waals surface area contributed by atoms with E-state index in [4.69, 9.17) is 12.3 Å². The van der Waals surface area contributed by atoms with Crippen LogP contribution in [0.1, 0.15) is 13.9 Å². The van der Waals surface area contributed by atoms with Gasteiger partial charge < -0.3 is 14.8 Å². The van der Waals surface area contributed by atoms with Gasteiger partial charge in [-0.15, -0.1) is 0 Å². The molecule has 0 saturated carbocycles. The zero-order chi connectivity index (χ0) is 11.8. The molecule has 14 heavy (non-hydrogen) atoms. The van der Waals surface area contributed by atoms with Crippen LogP contribution in [0.15, 0.2) is 18.2 Å². The third-order valence-corrected chi connectivity index (χ3v) is 2.28. The summed E-state index contributed by atoms with van der Waals surface area (Å²) in [7, 11) is 1.58. The van der Waals surface area contributed by atoms with Crippen LogP contribution in [0.5, 0.6) is 11.5 Å². The van der Waals surface area contributed by atoms with E-state index in [9.17, 15) is 0 Å². The summed E-state index contributed by atoms with van der Waals surface area (Å²) in [4.78, 5) is 0. The van der Waals surface area contributed by atoms with Crippen molar-refractivity contribution < 1.29 is 12.3 Å². The first-order valence-electron chi connectivity index (χ1n) is 5.55. The lowest BCUT2D eigenvalue weighted by Crippen LogP contribution is -2.23. The van der Waals surface area contributed by atoms with Gasteiger partial charge in [0.2, 0.25) is 6.79 Å². The van der Waals surface area contributed by atoms with E-state index in [0.717, 1.165) is 22.4 Å². The monoisotopic (exact) mass is 195 g/mol. The van der Waals surface area contributed by atoms with E-state index in [0.29, 0.717) is 6.42 Å². The van der Waals surface area contributed by atoms with Gasteiger partial charge in [-0.05, 0) is 38.1 Å². The third-order valence-electron chi connectivity index (χ3n) is 2.28. The van der Waals surface area contributed by atoms with Gasteiger partial charge >= 0.3 is 0 Å². The summed E-state index contributed by atoms with van der Waals surface area (Å²) in [5, 5.41) is 1.15. The summed E-state index contributed by atoms with van der Waals surface area (Å²) >= 11 is 0. The number of nitrogens with one attached hydrogen (secondary N) is 1. The molecule has 3 heteroatoms. The number of hydrogen-bond acceptors (Lipinski definition) is 3. The molecule has 0 saturated heterocycles. The average Bonchev–Trinajstić information content (AvgIpc) is 2.63. The van der Waals surface area contributed by atoms with Gasteiger partial charge in [0.1, 0.15) is 1.41 Å². The molecule has 1 heterocycles. The fourth-order valence-electron chi connectivity index (χ4n) is 1.43. The van der Waals surface area contributed by atoms with Crippen molar-refractivity contribution in [3.8, 4) is 11.5 Å². The molecular formula is C11H15NO2. The topological polar surface area (TPSA) is 30.5 Å². The summed E-state index contributed by atoms with van der Waals surface area (Å²) in [6.45, 7) is 1.97. The molecular weight excluding hydrogens is 178 g/mol. The lowest BCUT2D eigenvalue weighted by molar-refractivity contribution is 0.174. The summed E-state index contributed by atoms with van der Waals surface area (Å²) in [5.41, 5.74) is 0.973. The third kappa shape index (κ3) is 1.82. The molecule has 3 nitrogen and oxygen atoms in total. The molecule has 0 spiro atoms. The quantitative estimate of drug-likeness (QED) is 0.794. The predicted molar refractivity (Wildman–Crippen MR) is 54.8 cm³/mol. The van der Waals surface area contributed by atoms with Crippen molar-refractivity contribution in [1.82, 2.24) is 5.31 Å². The van der Waals surface area contributed by atoms with E-state index in [2.05, 4.69) is 0 Å². The van der Waals surface area contributed by atoms with Gasteiger partial charge in [-0.1, -0.05) is 6.07 Å². The Morgan fingerprint density at radius 2 is 2.36 bits per heavy atom. The molecule has 0 bridgehead atoms. The number of rotatable bonds is 3. The van der Waals surface area contributed by atoms with Crippen LogP contribution in [0.4, 0.5) is 0 Å². The average molecular weight is 195 g/mol. The van der Waals surface area contributed by atoms with Crippen molar-refractivity contribution in [2.24, 2.45) is 0 Å². The lowest BCUT2D eigenvalue weighted by Gasteiger charge is -2.09. The van der Waals surface area contributed by atoms with Gasteiger partial charge in [0.15, 0.2) is 11.5 Å². The smallest absolute Gasteiger partial charge is 0.231 e. The van der Waals surface area contributed by atoms with Crippen molar-refractivity contribution in [2.45, 2.75) is 19.4 Å². The van der Waals surface area contributed by atoms with Crippen LogP contribution in [0.3, 0.4) is 0 Å². The summed E-state index contributed by atoms with van der Waals surface area (Å²) in [6, 6.07) is 4.69. The van der Waals surface area contributed by atoms with Crippen LogP contribution in [-0.4, -0.2) is 19.9 Å². The zero-order valence-corrected chi connectivity index (χ0v) is 8.41. The Morgan fingerprint density at radius 3 is 3.14 bits per heavy atom. The maximum Gasteiger partial charge on any atom is 0.231 e. The van der Waals surface area contributed by atoms with Crippen LogP contribution >= 0.6 is 0 Å². The first-order chi connectivity index (χ1) is 7.49. The molecule has 1 atom stereocenters. The van der Waals surface area contributed by atoms with Gasteiger partial charge in [-0.3, -0.25) is 0 Å². The number of fused-ring (bicyclic) bond motifs is 1. The van der Waals surface area contributed by atoms with E-state index in [1.54, 1.807) is 14.0 Å². The molecule has 0 radical (unpaired) electrons. The Labute approximate surface area is 86.9 Å². The van der Waals surface area contributed by atoms with Crippen LogP contribution in [0, 0.1) is 0 Å². The van der Waals surface area contributed by atoms with Crippen molar-refractivity contribution in [1.29, 1.82) is 0 Å². The molecule has 76 valence electrons. The Hall–Kier alpha value is -1.22. The lowest BCUT2D eigenvalue weighted by atomic mass is 10.1. The molecule has 1 N–H and O–H groups in total.